The first kappa shape index (κ1) is 14.2. The number of hydrogen-bond acceptors (Lipinski definition) is 2. The maximum absolute atomic E-state index is 5.95. The average Bonchev–Trinajstić information content (AvgIpc) is 2.39. The van der Waals surface area contributed by atoms with Crippen molar-refractivity contribution in [3.63, 3.8) is 0 Å². The Labute approximate surface area is 105 Å². The molecule has 1 aromatic rings. The van der Waals surface area contributed by atoms with Crippen LogP contribution in [0.1, 0.15) is 45.2 Å². The molecule has 1 aromatic carbocycles. The average molecular weight is 235 g/mol. The largest absolute Gasteiger partial charge is 0.376 e. The maximum Gasteiger partial charge on any atom is 0.0767 e. The van der Waals surface area contributed by atoms with E-state index in [4.69, 9.17) is 4.74 Å². The van der Waals surface area contributed by atoms with E-state index in [1.807, 2.05) is 0 Å². The van der Waals surface area contributed by atoms with Crippen LogP contribution in [0.2, 0.25) is 0 Å². The minimum atomic E-state index is 0.261. The van der Waals surface area contributed by atoms with Gasteiger partial charge in [-0.2, -0.15) is 0 Å². The smallest absolute Gasteiger partial charge is 0.0767 e. The van der Waals surface area contributed by atoms with Gasteiger partial charge in [-0.15, -0.1) is 0 Å². The summed E-state index contributed by atoms with van der Waals surface area (Å²) in [7, 11) is 0. The van der Waals surface area contributed by atoms with Crippen molar-refractivity contribution in [3.8, 4) is 0 Å². The Kier molecular flexibility index (Phi) is 6.90. The molecule has 0 aliphatic carbocycles. The molecular weight excluding hydrogens is 210 g/mol. The van der Waals surface area contributed by atoms with E-state index in [1.54, 1.807) is 0 Å². The van der Waals surface area contributed by atoms with E-state index in [2.05, 4.69) is 56.4 Å². The van der Waals surface area contributed by atoms with Crippen molar-refractivity contribution < 1.29 is 4.74 Å². The van der Waals surface area contributed by atoms with E-state index in [-0.39, 0.29) is 6.10 Å². The maximum atomic E-state index is 5.95. The number of hydrogen-bond donors (Lipinski definition) is 1. The van der Waals surface area contributed by atoms with E-state index in [1.165, 1.54) is 5.56 Å². The molecular formula is C15H25NO. The predicted molar refractivity (Wildman–Crippen MR) is 73.2 cm³/mol. The molecule has 1 rings (SSSR count). The van der Waals surface area contributed by atoms with Gasteiger partial charge in [0.05, 0.1) is 12.1 Å². The van der Waals surface area contributed by atoms with Crippen molar-refractivity contribution in [3.05, 3.63) is 35.9 Å². The lowest BCUT2D eigenvalue weighted by Crippen LogP contribution is -2.33. The van der Waals surface area contributed by atoms with Crippen LogP contribution in [0.15, 0.2) is 30.3 Å². The fraction of sp³-hybridized carbons (Fsp3) is 0.600. The molecule has 2 heteroatoms. The summed E-state index contributed by atoms with van der Waals surface area (Å²) in [6.07, 6.45) is 2.37. The molecule has 1 N–H and O–H groups in total. The van der Waals surface area contributed by atoms with Crippen molar-refractivity contribution in [1.82, 2.24) is 5.32 Å². The standard InChI is InChI=1S/C15H25NO/c1-4-12-17-14(5-2)15(16-6-3)13-10-8-7-9-11-13/h7-11,14-16H,4-6,12H2,1-3H3. The van der Waals surface area contributed by atoms with E-state index in [0.29, 0.717) is 6.04 Å². The van der Waals surface area contributed by atoms with E-state index in [0.717, 1.165) is 26.0 Å². The Morgan fingerprint density at radius 2 is 1.82 bits per heavy atom. The van der Waals surface area contributed by atoms with E-state index >= 15 is 0 Å². The Balaban J connectivity index is 2.75. The van der Waals surface area contributed by atoms with Crippen LogP contribution in [0.4, 0.5) is 0 Å². The monoisotopic (exact) mass is 235 g/mol. The molecule has 2 atom stereocenters. The van der Waals surface area contributed by atoms with Gasteiger partial charge < -0.3 is 10.1 Å². The van der Waals surface area contributed by atoms with Crippen molar-refractivity contribution in [2.75, 3.05) is 13.2 Å². The highest BCUT2D eigenvalue weighted by molar-refractivity contribution is 5.20. The fourth-order valence-corrected chi connectivity index (χ4v) is 2.06. The van der Waals surface area contributed by atoms with Crippen molar-refractivity contribution in [1.29, 1.82) is 0 Å². The first-order valence-electron chi connectivity index (χ1n) is 6.73. The minimum absolute atomic E-state index is 0.261. The van der Waals surface area contributed by atoms with Gasteiger partial charge in [-0.05, 0) is 24.9 Å². The van der Waals surface area contributed by atoms with Crippen LogP contribution in [0, 0.1) is 0 Å². The second-order valence-corrected chi connectivity index (χ2v) is 4.26. The van der Waals surface area contributed by atoms with Crippen LogP contribution < -0.4 is 5.32 Å². The summed E-state index contributed by atoms with van der Waals surface area (Å²) >= 11 is 0. The Morgan fingerprint density at radius 3 is 2.35 bits per heavy atom. The van der Waals surface area contributed by atoms with Gasteiger partial charge in [-0.3, -0.25) is 0 Å². The lowest BCUT2D eigenvalue weighted by molar-refractivity contribution is 0.0240. The zero-order valence-corrected chi connectivity index (χ0v) is 11.3. The highest BCUT2D eigenvalue weighted by Crippen LogP contribution is 2.21. The van der Waals surface area contributed by atoms with Gasteiger partial charge in [-0.25, -0.2) is 0 Å². The van der Waals surface area contributed by atoms with E-state index in [9.17, 15) is 0 Å². The third-order valence-electron chi connectivity index (χ3n) is 2.89. The molecule has 0 fully saturated rings. The van der Waals surface area contributed by atoms with E-state index < -0.39 is 0 Å². The van der Waals surface area contributed by atoms with Crippen LogP contribution in [0.5, 0.6) is 0 Å². The van der Waals surface area contributed by atoms with Crippen LogP contribution in [-0.2, 0) is 4.74 Å². The summed E-state index contributed by atoms with van der Waals surface area (Å²) in [5.41, 5.74) is 1.32. The topological polar surface area (TPSA) is 21.3 Å². The molecule has 17 heavy (non-hydrogen) atoms. The van der Waals surface area contributed by atoms with Gasteiger partial charge in [0.2, 0.25) is 0 Å². The summed E-state index contributed by atoms with van der Waals surface area (Å²) < 4.78 is 5.95. The first-order valence-corrected chi connectivity index (χ1v) is 6.73. The molecule has 0 radical (unpaired) electrons. The lowest BCUT2D eigenvalue weighted by atomic mass is 9.99. The third-order valence-corrected chi connectivity index (χ3v) is 2.89. The highest BCUT2D eigenvalue weighted by atomic mass is 16.5. The quantitative estimate of drug-likeness (QED) is 0.744. The molecule has 96 valence electrons. The van der Waals surface area contributed by atoms with Crippen LogP contribution >= 0.6 is 0 Å². The molecule has 0 saturated carbocycles. The number of nitrogens with one attached hydrogen (secondary N) is 1. The molecule has 0 aliphatic rings. The molecule has 0 aromatic heterocycles. The second-order valence-electron chi connectivity index (χ2n) is 4.26. The van der Waals surface area contributed by atoms with Crippen molar-refractivity contribution in [2.24, 2.45) is 0 Å². The zero-order chi connectivity index (χ0) is 12.5. The Hall–Kier alpha value is -0.860. The number of likely N-dealkylation sites (N-methyl/N-ethyl adjacent to an activating group) is 1. The molecule has 0 heterocycles. The molecule has 2 nitrogen and oxygen atoms in total. The molecule has 0 spiro atoms. The molecule has 0 amide bonds. The van der Waals surface area contributed by atoms with Gasteiger partial charge in [-0.1, -0.05) is 51.1 Å². The van der Waals surface area contributed by atoms with Gasteiger partial charge in [0.15, 0.2) is 0 Å². The zero-order valence-electron chi connectivity index (χ0n) is 11.3. The van der Waals surface area contributed by atoms with Gasteiger partial charge >= 0.3 is 0 Å². The normalized spacial score (nSPS) is 14.5. The summed E-state index contributed by atoms with van der Waals surface area (Å²) in [5, 5.41) is 3.53. The minimum Gasteiger partial charge on any atom is -0.376 e. The predicted octanol–water partition coefficient (Wildman–Crippen LogP) is 3.54. The highest BCUT2D eigenvalue weighted by Gasteiger charge is 2.20. The van der Waals surface area contributed by atoms with Crippen molar-refractivity contribution in [2.45, 2.75) is 45.8 Å². The number of ether oxygens (including phenoxy) is 1. The first-order chi connectivity index (χ1) is 8.33. The SMILES string of the molecule is CCCOC(CC)C(NCC)c1ccccc1. The van der Waals surface area contributed by atoms with Crippen molar-refractivity contribution >= 4 is 0 Å². The summed E-state index contributed by atoms with van der Waals surface area (Å²) in [5.74, 6) is 0. The van der Waals surface area contributed by atoms with Gasteiger partial charge in [0.25, 0.3) is 0 Å². The van der Waals surface area contributed by atoms with Gasteiger partial charge in [0.1, 0.15) is 0 Å². The number of rotatable bonds is 8. The Morgan fingerprint density at radius 1 is 1.12 bits per heavy atom. The van der Waals surface area contributed by atoms with Gasteiger partial charge in [0, 0.05) is 6.61 Å². The summed E-state index contributed by atoms with van der Waals surface area (Å²) in [6.45, 7) is 8.28. The third kappa shape index (κ3) is 4.49. The lowest BCUT2D eigenvalue weighted by Gasteiger charge is -2.27. The molecule has 0 saturated heterocycles. The van der Waals surface area contributed by atoms with Crippen LogP contribution in [-0.4, -0.2) is 19.3 Å². The summed E-state index contributed by atoms with van der Waals surface area (Å²) in [6, 6.07) is 10.9. The Bertz CT molecular complexity index is 286. The van der Waals surface area contributed by atoms with Crippen LogP contribution in [0.25, 0.3) is 0 Å². The second kappa shape index (κ2) is 8.26. The molecule has 0 aliphatic heterocycles. The summed E-state index contributed by atoms with van der Waals surface area (Å²) in [4.78, 5) is 0. The number of benzene rings is 1. The van der Waals surface area contributed by atoms with Crippen LogP contribution in [0.3, 0.4) is 0 Å². The fourth-order valence-electron chi connectivity index (χ4n) is 2.06. The molecule has 2 unspecified atom stereocenters. The molecule has 0 bridgehead atoms.